The van der Waals surface area contributed by atoms with Gasteiger partial charge in [-0.3, -0.25) is 53.4 Å². The monoisotopic (exact) mass is 2130 g/mol. The highest BCUT2D eigenvalue weighted by atomic mass is 79.9. The van der Waals surface area contributed by atoms with E-state index in [0.717, 1.165) is 43.4 Å². The van der Waals surface area contributed by atoms with E-state index in [1.807, 2.05) is 48.2 Å². The molecule has 44 nitrogen and oxygen atoms in total. The molecule has 10 aromatic rings. The Morgan fingerprint density at radius 1 is 0.430 bits per heavy atom. The first-order valence-electron chi connectivity index (χ1n) is 38.7. The van der Waals surface area contributed by atoms with Crippen molar-refractivity contribution in [3.05, 3.63) is 171 Å². The van der Waals surface area contributed by atoms with E-state index >= 15 is 0 Å². The van der Waals surface area contributed by atoms with Crippen molar-refractivity contribution in [2.45, 2.75) is 58.5 Å². The zero-order chi connectivity index (χ0) is 91.6. The number of anilines is 5. The molecule has 19 N–H and O–H groups in total. The van der Waals surface area contributed by atoms with Gasteiger partial charge in [0.25, 0.3) is 10.2 Å². The van der Waals surface area contributed by atoms with Crippen LogP contribution < -0.4 is 69.8 Å². The molecule has 0 spiro atoms. The molecule has 5 aromatic heterocycles. The van der Waals surface area contributed by atoms with Crippen LogP contribution in [0.5, 0.6) is 0 Å². The van der Waals surface area contributed by atoms with E-state index in [4.69, 9.17) is 28.4 Å². The molecule has 1 aliphatic carbocycles. The number of halogens is 10. The number of nitrogens with zero attached hydrogens (tertiary/aromatic N) is 17. The van der Waals surface area contributed by atoms with E-state index < -0.39 is 44.9 Å². The summed E-state index contributed by atoms with van der Waals surface area (Å²) in [7, 11) is -3.67. The Balaban J connectivity index is 0.000000155. The Hall–Kier alpha value is -10.9. The van der Waals surface area contributed by atoms with Crippen LogP contribution in [0.1, 0.15) is 81.3 Å². The third kappa shape index (κ3) is 28.3. The van der Waals surface area contributed by atoms with Crippen LogP contribution >= 0.6 is 79.6 Å². The number of likely N-dealkylation sites (tertiary alicyclic amines) is 1. The van der Waals surface area contributed by atoms with Gasteiger partial charge in [0, 0.05) is 89.7 Å². The molecule has 15 rings (SSSR count). The molecule has 0 radical (unpaired) electrons. The second-order valence-corrected chi connectivity index (χ2v) is 35.4. The number of amides is 1. The minimum absolute atomic E-state index is 0.0266. The molecule has 55 heteroatoms. The molecular formula is C73H84Br5F5N30O14S. The number of hydroxylamine groups is 5. The van der Waals surface area contributed by atoms with Gasteiger partial charge in [0.1, 0.15) is 34.7 Å². The number of carbonyl (C=O) groups excluding carboxylic acids is 1. The molecule has 1 amide bonds. The van der Waals surface area contributed by atoms with E-state index in [9.17, 15) is 61.2 Å². The Bertz CT molecular complexity index is 5530. The highest BCUT2D eigenvalue weighted by molar-refractivity contribution is 9.11. The lowest BCUT2D eigenvalue weighted by Gasteiger charge is -2.39. The number of nitrogens with two attached hydrogens (primary N) is 1. The summed E-state index contributed by atoms with van der Waals surface area (Å²) in [6.45, 7) is 14.0. The second kappa shape index (κ2) is 46.9. The number of nitrogens with one attached hydrogen (secondary N) is 12. The summed E-state index contributed by atoms with van der Waals surface area (Å²) in [5.41, 5.74) is 12.3. The van der Waals surface area contributed by atoms with Gasteiger partial charge in [-0.25, -0.2) is 80.0 Å². The number of hydrogen-bond donors (Lipinski definition) is 18. The highest BCUT2D eigenvalue weighted by Gasteiger charge is 2.36. The first-order valence-corrected chi connectivity index (χ1v) is 44.1. The summed E-state index contributed by atoms with van der Waals surface area (Å²) >= 11 is 15.4. The molecule has 5 aromatic carbocycles. The number of carbonyl (C=O) groups is 1. The first kappa shape index (κ1) is 97.7. The Morgan fingerprint density at radius 3 is 0.953 bits per heavy atom. The van der Waals surface area contributed by atoms with Crippen LogP contribution in [0, 0.1) is 58.7 Å². The zero-order valence-electron chi connectivity index (χ0n) is 67.6. The van der Waals surface area contributed by atoms with Gasteiger partial charge >= 0.3 is 6.09 Å². The van der Waals surface area contributed by atoms with Crippen LogP contribution in [-0.4, -0.2) is 221 Å². The standard InChI is InChI=1S/C18H22BrFN6O4.C15H17BrFN5O2.C14H16BrFN6O2.C13H15BrFN7O4S.C13H14BrFN6O2/c1-18(2,3)29-17(27)26-8-10(9-26)7-21-15-14(24-30-25-15)16(23-28)22-11-4-5-13(20)12(19)6-11;16-11-7-10(5-6-12(11)17)19-15(20-23)13-14(22-24-21-13)18-8-9-3-1-2-4-9;15-10-5-9(1-2-11(10)16)19-14(20-23)12-13(22-24-21-12)18-7-8-3-4-17-6-8;14-9-3-8(1-2-10(9)15)18-13(19-23)11-12(21-26-20-11)17-4-7-5-22(6-7)27(16,24)25;14-9-3-8(1-2-10(9)15)18-13(19-22)11-12(21-23-20-11)17-6-7-4-16-5-7/h4-6,10,28H,7-9H2,1-3H3,(H,21,25)(H,22,23);5-7,9,23H,1-4,8H2,(H,18,22)(H,19,20);1-2,5,8,17,23H,3-4,6-7H2,(H,18,22)(H,19,20);1-3,7,23H,4-6H2,(H,17,21)(H,18,19)(H2,16,24,25);1-3,7,16,22H,4-6H2,(H,17,21)(H,18,19). The average molecular weight is 2130 g/mol. The topological polar surface area (TPSA) is 595 Å². The van der Waals surface area contributed by atoms with Crippen molar-refractivity contribution in [2.75, 3.05) is 112 Å². The largest absolute Gasteiger partial charge is 0.444 e. The smallest absolute Gasteiger partial charge is 0.410 e. The number of aromatic nitrogens is 10. The van der Waals surface area contributed by atoms with Crippen LogP contribution in [-0.2, 0) is 14.9 Å². The molecule has 0 bridgehead atoms. The molecule has 4 saturated heterocycles. The molecule has 686 valence electrons. The quantitative estimate of drug-likeness (QED) is 0.0104. The molecular weight excluding hydrogens is 2050 g/mol. The summed E-state index contributed by atoms with van der Waals surface area (Å²) in [5.74, 6) is 1.42. The Morgan fingerprint density at radius 2 is 0.703 bits per heavy atom. The predicted octanol–water partition coefficient (Wildman–Crippen LogP) is 11.2. The number of rotatable bonds is 26. The van der Waals surface area contributed by atoms with Crippen LogP contribution in [0.4, 0.5) is 84.3 Å². The number of amidine groups is 5. The number of ether oxygens (including phenoxy) is 1. The minimum Gasteiger partial charge on any atom is -0.444 e. The van der Waals surface area contributed by atoms with Crippen molar-refractivity contribution >= 4 is 183 Å². The first-order chi connectivity index (χ1) is 61.4. The van der Waals surface area contributed by atoms with Gasteiger partial charge in [-0.15, -0.1) is 0 Å². The van der Waals surface area contributed by atoms with Crippen LogP contribution in [0.2, 0.25) is 0 Å². The fraction of sp³-hybridized carbons (Fsp3) is 0.370. The van der Waals surface area contributed by atoms with E-state index in [2.05, 4.69) is 198 Å². The zero-order valence-corrected chi connectivity index (χ0v) is 76.3. The number of hydrogen-bond acceptors (Lipinski definition) is 36. The molecule has 9 heterocycles. The fourth-order valence-electron chi connectivity index (χ4n) is 12.2. The summed E-state index contributed by atoms with van der Waals surface area (Å²) in [6, 6.07) is 20.9. The highest BCUT2D eigenvalue weighted by Crippen LogP contribution is 2.32. The van der Waals surface area contributed by atoms with Gasteiger partial charge in [-0.2, -0.15) is 12.7 Å². The minimum atomic E-state index is -3.67. The van der Waals surface area contributed by atoms with E-state index in [-0.39, 0.29) is 123 Å². The van der Waals surface area contributed by atoms with Crippen molar-refractivity contribution in [3.8, 4) is 0 Å². The molecule has 1 atom stereocenters. The second-order valence-electron chi connectivity index (χ2n) is 29.6. The van der Waals surface area contributed by atoms with Gasteiger partial charge in [-0.05, 0) is 287 Å². The maximum atomic E-state index is 13.4. The predicted molar refractivity (Wildman–Crippen MR) is 469 cm³/mol. The number of aliphatic imine (C=N–C) groups is 5. The van der Waals surface area contributed by atoms with Gasteiger partial charge < -0.3 is 46.9 Å². The fourth-order valence-corrected chi connectivity index (χ4v) is 14.9. The summed E-state index contributed by atoms with van der Waals surface area (Å²) in [5, 5.41) is 112. The third-order valence-corrected chi connectivity index (χ3v) is 23.1. The lowest BCUT2D eigenvalue weighted by Crippen LogP contribution is -2.54. The summed E-state index contributed by atoms with van der Waals surface area (Å²) in [4.78, 5) is 34.6. The molecule has 5 aliphatic rings. The molecule has 4 aliphatic heterocycles. The summed E-state index contributed by atoms with van der Waals surface area (Å²) < 4.78 is 120. The van der Waals surface area contributed by atoms with Crippen molar-refractivity contribution in [1.82, 2.24) is 98.8 Å². The Labute approximate surface area is 766 Å². The SMILES string of the molecule is CC(C)(C)OC(=O)N1CC(CNc2nonc2C(=Nc2ccc(F)c(Br)c2)NO)C1.NS(=O)(=O)N1CC(CNc2nonc2C(=Nc2ccc(F)c(Br)c2)NO)C1.ONC(=Nc1ccc(F)c(Br)c1)c1nonc1NCC1CCCC1.ONC(=Nc1ccc(F)c(Br)c1)c1nonc1NCC1CCNC1.ONC(=Nc1ccc(F)c(Br)c1)c1nonc1NCC1CNC1. The lowest BCUT2D eigenvalue weighted by atomic mass is 10.0. The van der Waals surface area contributed by atoms with E-state index in [1.165, 1.54) is 117 Å². The van der Waals surface area contributed by atoms with Gasteiger partial charge in [-0.1, -0.05) is 12.8 Å². The van der Waals surface area contributed by atoms with Crippen LogP contribution in [0.3, 0.4) is 0 Å². The Kier molecular flexibility index (Phi) is 35.8. The van der Waals surface area contributed by atoms with Gasteiger partial charge in [0.05, 0.1) is 50.8 Å². The van der Waals surface area contributed by atoms with Crippen molar-refractivity contribution in [2.24, 2.45) is 59.7 Å². The van der Waals surface area contributed by atoms with Gasteiger partial charge in [0.2, 0.25) is 29.1 Å². The molecule has 5 fully saturated rings. The van der Waals surface area contributed by atoms with E-state index in [1.54, 1.807) is 4.90 Å². The normalized spacial score (nSPS) is 16.0. The molecule has 1 saturated carbocycles. The van der Waals surface area contributed by atoms with Crippen molar-refractivity contribution in [1.29, 1.82) is 0 Å². The third-order valence-electron chi connectivity index (χ3n) is 19.0. The lowest BCUT2D eigenvalue weighted by molar-refractivity contribution is 0.000803. The molecule has 1 unspecified atom stereocenters. The van der Waals surface area contributed by atoms with Gasteiger partial charge in [0.15, 0.2) is 57.6 Å². The maximum absolute atomic E-state index is 13.4. The summed E-state index contributed by atoms with van der Waals surface area (Å²) in [6.07, 6.45) is 5.62. The average Bonchev–Trinajstić information content (AvgIpc) is 0.803. The van der Waals surface area contributed by atoms with Crippen LogP contribution in [0.15, 0.2) is 161 Å². The van der Waals surface area contributed by atoms with Crippen molar-refractivity contribution in [3.63, 3.8) is 0 Å². The van der Waals surface area contributed by atoms with E-state index in [0.29, 0.717) is 103 Å². The maximum Gasteiger partial charge on any atom is 0.410 e. The van der Waals surface area contributed by atoms with Crippen molar-refractivity contribution < 1.29 is 89.1 Å². The number of benzene rings is 5. The van der Waals surface area contributed by atoms with Crippen LogP contribution in [0.25, 0.3) is 0 Å². The molecule has 128 heavy (non-hydrogen) atoms.